The van der Waals surface area contributed by atoms with Crippen molar-refractivity contribution in [3.05, 3.63) is 11.6 Å². The molecule has 43 heavy (non-hydrogen) atoms. The molecule has 0 spiro atoms. The first kappa shape index (κ1) is 36.8. The van der Waals surface area contributed by atoms with E-state index in [1.807, 2.05) is 40.7 Å². The molecule has 0 radical (unpaired) electrons. The zero-order valence-corrected chi connectivity index (χ0v) is 29.0. The Morgan fingerprint density at radius 2 is 1.56 bits per heavy atom. The molecule has 5 atom stereocenters. The molecule has 2 rings (SSSR count). The Balaban J connectivity index is 2.23. The summed E-state index contributed by atoms with van der Waals surface area (Å²) >= 11 is 0. The number of piperidine rings is 1. The second kappa shape index (κ2) is 16.1. The van der Waals surface area contributed by atoms with Crippen LogP contribution < -0.4 is 10.6 Å². The lowest BCUT2D eigenvalue weighted by molar-refractivity contribution is -0.142. The van der Waals surface area contributed by atoms with Gasteiger partial charge in [0, 0.05) is 31.8 Å². The van der Waals surface area contributed by atoms with Gasteiger partial charge in [-0.15, -0.1) is 0 Å². The van der Waals surface area contributed by atoms with Gasteiger partial charge in [-0.1, -0.05) is 67.4 Å². The van der Waals surface area contributed by atoms with E-state index in [0.29, 0.717) is 31.0 Å². The monoisotopic (exact) mass is 603 g/mol. The zero-order chi connectivity index (χ0) is 32.6. The molecule has 0 bridgehead atoms. The maximum absolute atomic E-state index is 14.1. The zero-order valence-electron chi connectivity index (χ0n) is 29.0. The molecule has 0 aromatic heterocycles. The van der Waals surface area contributed by atoms with E-state index >= 15 is 0 Å². The van der Waals surface area contributed by atoms with Gasteiger partial charge in [-0.3, -0.25) is 24.1 Å². The molecule has 9 heteroatoms. The number of nitrogens with one attached hydrogen (secondary N) is 2. The molecular formula is C34H61N5O4. The van der Waals surface area contributed by atoms with Gasteiger partial charge < -0.3 is 20.4 Å². The molecule has 2 aliphatic rings. The van der Waals surface area contributed by atoms with E-state index < -0.39 is 17.5 Å². The summed E-state index contributed by atoms with van der Waals surface area (Å²) in [5.41, 5.74) is 0.00550. The lowest BCUT2D eigenvalue weighted by Crippen LogP contribution is -2.60. The third-order valence-corrected chi connectivity index (χ3v) is 9.28. The summed E-state index contributed by atoms with van der Waals surface area (Å²) in [5.74, 6) is -0.120. The summed E-state index contributed by atoms with van der Waals surface area (Å²) in [6.07, 6.45) is 7.15. The maximum atomic E-state index is 14.1. The molecule has 2 N–H and O–H groups in total. The standard InChI is InChI=1S/C34H61N5O4/c1-12-24(6)21-35-30(40)26-17-15-19-39(26)32(42)25(7)20-28(22(2)3)37(11)33(43)29(34(8,9)10)36-31(41)27-16-13-14-18-38(27)23(4)5/h20,22-24,26-29H,12-19,21H2,1-11H3,(H,35,40)(H,36,41)/t24-,26-,27+,28+,29+/m0/s1. The summed E-state index contributed by atoms with van der Waals surface area (Å²) in [6.45, 7) is 22.2. The highest BCUT2D eigenvalue weighted by Gasteiger charge is 2.40. The fourth-order valence-electron chi connectivity index (χ4n) is 6.22. The first-order valence-electron chi connectivity index (χ1n) is 16.6. The Bertz CT molecular complexity index is 1000. The van der Waals surface area contributed by atoms with Crippen molar-refractivity contribution in [2.24, 2.45) is 17.3 Å². The van der Waals surface area contributed by atoms with Crippen LogP contribution in [0, 0.1) is 17.3 Å². The molecule has 4 amide bonds. The predicted octanol–water partition coefficient (Wildman–Crippen LogP) is 4.36. The van der Waals surface area contributed by atoms with E-state index in [2.05, 4.69) is 43.2 Å². The van der Waals surface area contributed by atoms with Crippen molar-refractivity contribution >= 4 is 23.6 Å². The average Bonchev–Trinajstić information content (AvgIpc) is 3.45. The lowest BCUT2D eigenvalue weighted by Gasteiger charge is -2.41. The number of nitrogens with zero attached hydrogens (tertiary/aromatic N) is 3. The molecular weight excluding hydrogens is 542 g/mol. The Labute approximate surface area is 261 Å². The summed E-state index contributed by atoms with van der Waals surface area (Å²) in [7, 11) is 1.76. The smallest absolute Gasteiger partial charge is 0.249 e. The van der Waals surface area contributed by atoms with Crippen LogP contribution in [0.3, 0.4) is 0 Å². The van der Waals surface area contributed by atoms with Crippen LogP contribution in [-0.4, -0.2) is 95.2 Å². The minimum Gasteiger partial charge on any atom is -0.354 e. The van der Waals surface area contributed by atoms with E-state index in [4.69, 9.17) is 0 Å². The number of likely N-dealkylation sites (tertiary alicyclic amines) is 2. The highest BCUT2D eigenvalue weighted by atomic mass is 16.2. The van der Waals surface area contributed by atoms with Crippen LogP contribution in [0.15, 0.2) is 11.6 Å². The van der Waals surface area contributed by atoms with Gasteiger partial charge in [0.25, 0.3) is 0 Å². The summed E-state index contributed by atoms with van der Waals surface area (Å²) in [5, 5.41) is 6.16. The van der Waals surface area contributed by atoms with Crippen molar-refractivity contribution in [3.8, 4) is 0 Å². The Morgan fingerprint density at radius 1 is 0.930 bits per heavy atom. The molecule has 2 aliphatic heterocycles. The van der Waals surface area contributed by atoms with Gasteiger partial charge >= 0.3 is 0 Å². The maximum Gasteiger partial charge on any atom is 0.249 e. The highest BCUT2D eigenvalue weighted by Crippen LogP contribution is 2.27. The van der Waals surface area contributed by atoms with Crippen molar-refractivity contribution in [2.45, 2.75) is 138 Å². The Hall–Kier alpha value is -2.42. The van der Waals surface area contributed by atoms with Crippen LogP contribution in [0.1, 0.15) is 108 Å². The van der Waals surface area contributed by atoms with Crippen molar-refractivity contribution in [2.75, 3.05) is 26.7 Å². The van der Waals surface area contributed by atoms with Crippen molar-refractivity contribution in [3.63, 3.8) is 0 Å². The Morgan fingerprint density at radius 3 is 2.12 bits per heavy atom. The first-order valence-corrected chi connectivity index (χ1v) is 16.6. The van der Waals surface area contributed by atoms with E-state index in [1.165, 1.54) is 0 Å². The minimum absolute atomic E-state index is 0.0241. The van der Waals surface area contributed by atoms with E-state index in [0.717, 1.165) is 38.6 Å². The largest absolute Gasteiger partial charge is 0.354 e. The summed E-state index contributed by atoms with van der Waals surface area (Å²) < 4.78 is 0. The molecule has 0 aromatic rings. The third kappa shape index (κ3) is 9.79. The third-order valence-electron chi connectivity index (χ3n) is 9.28. The molecule has 0 unspecified atom stereocenters. The van der Waals surface area contributed by atoms with Crippen LogP contribution in [0.5, 0.6) is 0 Å². The Kier molecular flexibility index (Phi) is 13.7. The van der Waals surface area contributed by atoms with Gasteiger partial charge in [-0.25, -0.2) is 0 Å². The van der Waals surface area contributed by atoms with Crippen molar-refractivity contribution < 1.29 is 19.2 Å². The molecule has 0 saturated carbocycles. The van der Waals surface area contributed by atoms with Crippen LogP contribution in [-0.2, 0) is 19.2 Å². The average molecular weight is 604 g/mol. The second-order valence-electron chi connectivity index (χ2n) is 14.6. The number of hydrogen-bond acceptors (Lipinski definition) is 5. The van der Waals surface area contributed by atoms with Crippen LogP contribution >= 0.6 is 0 Å². The first-order chi connectivity index (χ1) is 20.0. The van der Waals surface area contributed by atoms with Gasteiger partial charge in [0.15, 0.2) is 0 Å². The predicted molar refractivity (Wildman–Crippen MR) is 173 cm³/mol. The fourth-order valence-corrected chi connectivity index (χ4v) is 6.22. The van der Waals surface area contributed by atoms with Crippen LogP contribution in [0.25, 0.3) is 0 Å². The normalized spacial score (nSPS) is 22.3. The summed E-state index contributed by atoms with van der Waals surface area (Å²) in [4.78, 5) is 59.8. The van der Waals surface area contributed by atoms with E-state index in [9.17, 15) is 19.2 Å². The van der Waals surface area contributed by atoms with Gasteiger partial charge in [0.05, 0.1) is 12.1 Å². The number of rotatable bonds is 12. The van der Waals surface area contributed by atoms with Gasteiger partial charge in [0.2, 0.25) is 23.6 Å². The van der Waals surface area contributed by atoms with E-state index in [1.54, 1.807) is 23.8 Å². The topological polar surface area (TPSA) is 102 Å². The molecule has 9 nitrogen and oxygen atoms in total. The number of carbonyl (C=O) groups is 4. The van der Waals surface area contributed by atoms with Crippen molar-refractivity contribution in [1.82, 2.24) is 25.3 Å². The number of hydrogen-bond donors (Lipinski definition) is 2. The molecule has 0 aliphatic carbocycles. The molecule has 246 valence electrons. The van der Waals surface area contributed by atoms with Crippen LogP contribution in [0.4, 0.5) is 0 Å². The lowest BCUT2D eigenvalue weighted by atomic mass is 9.84. The second-order valence-corrected chi connectivity index (χ2v) is 14.6. The minimum atomic E-state index is -0.719. The van der Waals surface area contributed by atoms with Gasteiger partial charge in [0.1, 0.15) is 12.1 Å². The fraction of sp³-hybridized carbons (Fsp3) is 0.824. The molecule has 2 fully saturated rings. The van der Waals surface area contributed by atoms with Gasteiger partial charge in [-0.2, -0.15) is 0 Å². The SMILES string of the molecule is CC[C@H](C)CNC(=O)[C@@H]1CCCN1C(=O)C(C)=C[C@H](C(C)C)N(C)C(=O)[C@@H](NC(=O)[C@H]1CCCCN1C(C)C)C(C)(C)C. The number of likely N-dealkylation sites (N-methyl/N-ethyl adjacent to an activating group) is 1. The number of amides is 4. The van der Waals surface area contributed by atoms with Crippen LogP contribution in [0.2, 0.25) is 0 Å². The number of carbonyl (C=O) groups excluding carboxylic acids is 4. The highest BCUT2D eigenvalue weighted by molar-refractivity contribution is 5.97. The molecule has 2 heterocycles. The quantitative estimate of drug-likeness (QED) is 0.323. The van der Waals surface area contributed by atoms with E-state index in [-0.39, 0.29) is 47.7 Å². The molecule has 2 saturated heterocycles. The molecule has 0 aromatic carbocycles. The summed E-state index contributed by atoms with van der Waals surface area (Å²) in [6, 6.07) is -1.54. The van der Waals surface area contributed by atoms with Crippen molar-refractivity contribution in [1.29, 1.82) is 0 Å². The van der Waals surface area contributed by atoms with Gasteiger partial charge in [-0.05, 0) is 70.3 Å².